The summed E-state index contributed by atoms with van der Waals surface area (Å²) in [6.07, 6.45) is 0.528. The highest BCUT2D eigenvalue weighted by atomic mass is 79.9. The molecule has 0 aliphatic carbocycles. The molecule has 5 rings (SSSR count). The number of carbonyl (C=O) groups is 1. The molecule has 42 heavy (non-hydrogen) atoms. The third-order valence-electron chi connectivity index (χ3n) is 6.60. The van der Waals surface area contributed by atoms with Crippen molar-refractivity contribution in [3.05, 3.63) is 111 Å². The Morgan fingerprint density at radius 2 is 1.79 bits per heavy atom. The Morgan fingerprint density at radius 1 is 1.00 bits per heavy atom. The van der Waals surface area contributed by atoms with Crippen LogP contribution in [-0.2, 0) is 24.3 Å². The summed E-state index contributed by atoms with van der Waals surface area (Å²) in [6.45, 7) is 6.95. The lowest BCUT2D eigenvalue weighted by atomic mass is 10.1. The minimum Gasteiger partial charge on any atom is -0.478 e. The normalized spacial score (nSPS) is 10.8. The van der Waals surface area contributed by atoms with Crippen molar-refractivity contribution in [3.63, 3.8) is 0 Å². The van der Waals surface area contributed by atoms with Crippen LogP contribution < -0.4 is 4.74 Å². The molecule has 0 unspecified atom stereocenters. The number of pyridine rings is 1. The van der Waals surface area contributed by atoms with E-state index in [9.17, 15) is 14.3 Å². The molecule has 0 aliphatic heterocycles. The summed E-state index contributed by atoms with van der Waals surface area (Å²) in [6, 6.07) is 21.5. The quantitative estimate of drug-likeness (QED) is 0.168. The van der Waals surface area contributed by atoms with Gasteiger partial charge in [-0.05, 0) is 54.4 Å². The fourth-order valence-electron chi connectivity index (χ4n) is 4.47. The second kappa shape index (κ2) is 14.2. The molecule has 0 spiro atoms. The molecular weight excluding hydrogens is 601 g/mol. The SMILES string of the molecule is CC.COCCn1c(Cc2ccc(-c3cccc(OCc4ccc(C)cc4F)n3)cc2Br)nc2ccc(C(=O)O)cc21. The zero-order valence-corrected chi connectivity index (χ0v) is 25.6. The van der Waals surface area contributed by atoms with Crippen molar-refractivity contribution in [2.45, 2.75) is 40.3 Å². The number of aryl methyl sites for hydroxylation is 1. The first-order valence-corrected chi connectivity index (χ1v) is 14.5. The Balaban J connectivity index is 0.00000198. The second-order valence-corrected chi connectivity index (χ2v) is 10.3. The molecule has 7 nitrogen and oxygen atoms in total. The maximum Gasteiger partial charge on any atom is 0.335 e. The van der Waals surface area contributed by atoms with Gasteiger partial charge in [0.2, 0.25) is 5.88 Å². The van der Waals surface area contributed by atoms with Gasteiger partial charge in [0.15, 0.2) is 0 Å². The molecule has 3 aromatic carbocycles. The number of halogens is 2. The van der Waals surface area contributed by atoms with E-state index in [1.165, 1.54) is 6.07 Å². The third kappa shape index (κ3) is 7.21. The minimum absolute atomic E-state index is 0.0865. The Morgan fingerprint density at radius 3 is 2.50 bits per heavy atom. The van der Waals surface area contributed by atoms with Crippen molar-refractivity contribution in [2.24, 2.45) is 0 Å². The van der Waals surface area contributed by atoms with Gasteiger partial charge in [-0.25, -0.2) is 19.2 Å². The van der Waals surface area contributed by atoms with Crippen LogP contribution in [0.5, 0.6) is 5.88 Å². The van der Waals surface area contributed by atoms with Gasteiger partial charge in [-0.15, -0.1) is 0 Å². The predicted octanol–water partition coefficient (Wildman–Crippen LogP) is 7.85. The van der Waals surface area contributed by atoms with Crippen LogP contribution in [0.15, 0.2) is 77.3 Å². The fourth-order valence-corrected chi connectivity index (χ4v) is 4.99. The number of nitrogens with zero attached hydrogens (tertiary/aromatic N) is 3. The van der Waals surface area contributed by atoms with Crippen LogP contribution in [0, 0.1) is 12.7 Å². The third-order valence-corrected chi connectivity index (χ3v) is 7.34. The number of hydrogen-bond acceptors (Lipinski definition) is 5. The molecule has 2 heterocycles. The monoisotopic (exact) mass is 633 g/mol. The van der Waals surface area contributed by atoms with Crippen LogP contribution in [0.4, 0.5) is 4.39 Å². The molecule has 0 radical (unpaired) electrons. The van der Waals surface area contributed by atoms with Crippen LogP contribution in [0.25, 0.3) is 22.3 Å². The summed E-state index contributed by atoms with van der Waals surface area (Å²) in [5, 5.41) is 9.44. The number of methoxy groups -OCH3 is 1. The second-order valence-electron chi connectivity index (χ2n) is 9.41. The topological polar surface area (TPSA) is 86.5 Å². The summed E-state index contributed by atoms with van der Waals surface area (Å²) < 4.78 is 28.2. The Labute approximate surface area is 253 Å². The minimum atomic E-state index is -0.980. The zero-order valence-electron chi connectivity index (χ0n) is 24.0. The first-order chi connectivity index (χ1) is 20.3. The van der Waals surface area contributed by atoms with Gasteiger partial charge >= 0.3 is 5.97 Å². The van der Waals surface area contributed by atoms with Gasteiger partial charge in [0.1, 0.15) is 18.2 Å². The molecule has 0 saturated carbocycles. The van der Waals surface area contributed by atoms with Crippen molar-refractivity contribution >= 4 is 32.9 Å². The molecule has 0 bridgehead atoms. The van der Waals surface area contributed by atoms with Crippen LogP contribution in [0.3, 0.4) is 0 Å². The molecule has 0 amide bonds. The lowest BCUT2D eigenvalue weighted by molar-refractivity contribution is 0.0697. The van der Waals surface area contributed by atoms with Crippen molar-refractivity contribution in [3.8, 4) is 17.1 Å². The average molecular weight is 635 g/mol. The van der Waals surface area contributed by atoms with E-state index in [2.05, 4.69) is 20.9 Å². The van der Waals surface area contributed by atoms with Gasteiger partial charge in [-0.3, -0.25) is 0 Å². The highest BCUT2D eigenvalue weighted by Crippen LogP contribution is 2.29. The van der Waals surface area contributed by atoms with Crippen molar-refractivity contribution in [1.29, 1.82) is 0 Å². The van der Waals surface area contributed by atoms with E-state index >= 15 is 0 Å². The van der Waals surface area contributed by atoms with Crippen molar-refractivity contribution in [2.75, 3.05) is 13.7 Å². The van der Waals surface area contributed by atoms with E-state index in [1.807, 2.05) is 61.7 Å². The van der Waals surface area contributed by atoms with E-state index in [-0.39, 0.29) is 18.0 Å². The molecule has 0 aliphatic rings. The number of carboxylic acid groups (broad SMARTS) is 1. The van der Waals surface area contributed by atoms with Crippen LogP contribution in [0.2, 0.25) is 0 Å². The number of aromatic nitrogens is 3. The van der Waals surface area contributed by atoms with Gasteiger partial charge < -0.3 is 19.1 Å². The highest BCUT2D eigenvalue weighted by Gasteiger charge is 2.16. The molecular formula is C33H33BrFN3O4. The van der Waals surface area contributed by atoms with Crippen LogP contribution in [-0.4, -0.2) is 39.3 Å². The summed E-state index contributed by atoms with van der Waals surface area (Å²) in [7, 11) is 1.63. The molecule has 0 fully saturated rings. The molecule has 0 atom stereocenters. The number of benzene rings is 3. The standard InChI is InChI=1S/C31H27BrFN3O4.C2H6/c1-19-6-7-23(25(33)14-19)18-40-30-5-3-4-26(35-30)21-9-8-20(24(32)15-21)17-29-34-27-11-10-22(31(37)38)16-28(27)36(29)12-13-39-2;1-2/h3-11,14-16H,12-13,17-18H2,1-2H3,(H,37,38);1-2H3. The zero-order chi connectivity index (χ0) is 30.2. The maximum atomic E-state index is 14.2. The van der Waals surface area contributed by atoms with Gasteiger partial charge in [0.05, 0.1) is 28.9 Å². The maximum absolute atomic E-state index is 14.2. The number of aromatic carboxylic acids is 1. The van der Waals surface area contributed by atoms with E-state index in [4.69, 9.17) is 14.5 Å². The van der Waals surface area contributed by atoms with E-state index < -0.39 is 5.97 Å². The number of imidazole rings is 1. The summed E-state index contributed by atoms with van der Waals surface area (Å²) in [4.78, 5) is 20.9. The Hall–Kier alpha value is -4.08. The average Bonchev–Trinajstić information content (AvgIpc) is 3.33. The number of ether oxygens (including phenoxy) is 2. The largest absolute Gasteiger partial charge is 0.478 e. The van der Waals surface area contributed by atoms with Crippen molar-refractivity contribution < 1.29 is 23.8 Å². The molecule has 2 aromatic heterocycles. The molecule has 9 heteroatoms. The summed E-state index contributed by atoms with van der Waals surface area (Å²) in [5.41, 5.74) is 5.66. The number of rotatable bonds is 10. The molecule has 218 valence electrons. The lowest BCUT2D eigenvalue weighted by Crippen LogP contribution is -2.09. The van der Waals surface area contributed by atoms with Crippen LogP contribution in [0.1, 0.15) is 46.7 Å². The fraction of sp³-hybridized carbons (Fsp3) is 0.242. The summed E-state index contributed by atoms with van der Waals surface area (Å²) >= 11 is 3.71. The molecule has 0 saturated heterocycles. The van der Waals surface area contributed by atoms with Gasteiger partial charge in [0, 0.05) is 41.7 Å². The smallest absolute Gasteiger partial charge is 0.335 e. The van der Waals surface area contributed by atoms with Crippen LogP contribution >= 0.6 is 15.9 Å². The van der Waals surface area contributed by atoms with Gasteiger partial charge in [0.25, 0.3) is 0 Å². The lowest BCUT2D eigenvalue weighted by Gasteiger charge is -2.12. The van der Waals surface area contributed by atoms with E-state index in [1.54, 1.807) is 37.4 Å². The van der Waals surface area contributed by atoms with E-state index in [0.29, 0.717) is 31.0 Å². The Bertz CT molecular complexity index is 1700. The first-order valence-electron chi connectivity index (χ1n) is 13.7. The van der Waals surface area contributed by atoms with Gasteiger partial charge in [-0.1, -0.05) is 60.1 Å². The van der Waals surface area contributed by atoms with E-state index in [0.717, 1.165) is 43.7 Å². The summed E-state index contributed by atoms with van der Waals surface area (Å²) in [5.74, 6) is -0.0643. The highest BCUT2D eigenvalue weighted by molar-refractivity contribution is 9.10. The number of fused-ring (bicyclic) bond motifs is 1. The molecule has 1 N–H and O–H groups in total. The Kier molecular flexibility index (Phi) is 10.4. The first kappa shape index (κ1) is 30.9. The number of carboxylic acids is 1. The number of hydrogen-bond donors (Lipinski definition) is 1. The predicted molar refractivity (Wildman–Crippen MR) is 166 cm³/mol. The van der Waals surface area contributed by atoms with Gasteiger partial charge in [-0.2, -0.15) is 0 Å². The van der Waals surface area contributed by atoms with Crippen molar-refractivity contribution in [1.82, 2.24) is 14.5 Å². The molecule has 5 aromatic rings.